The minimum absolute atomic E-state index is 0.157. The molecule has 21 heavy (non-hydrogen) atoms. The van der Waals surface area contributed by atoms with Gasteiger partial charge in [0.25, 0.3) is 5.91 Å². The number of halogens is 1. The van der Waals surface area contributed by atoms with E-state index in [0.29, 0.717) is 25.2 Å². The number of hydrogen-bond acceptors (Lipinski definition) is 4. The third-order valence-electron chi connectivity index (χ3n) is 3.71. The molecule has 0 radical (unpaired) electrons. The molecule has 0 spiro atoms. The number of para-hydroxylation sites is 1. The number of nitrogens with one attached hydrogen (secondary N) is 1. The molecule has 1 aliphatic rings. The van der Waals surface area contributed by atoms with Crippen LogP contribution < -0.4 is 5.32 Å². The average molecular weight is 296 g/mol. The van der Waals surface area contributed by atoms with Gasteiger partial charge in [-0.1, -0.05) is 6.07 Å². The zero-order valence-corrected chi connectivity index (χ0v) is 12.6. The van der Waals surface area contributed by atoms with Gasteiger partial charge in [0, 0.05) is 33.9 Å². The van der Waals surface area contributed by atoms with E-state index < -0.39 is 5.82 Å². The molecule has 1 aliphatic heterocycles. The van der Waals surface area contributed by atoms with Crippen LogP contribution in [0.15, 0.2) is 18.2 Å². The summed E-state index contributed by atoms with van der Waals surface area (Å²) in [4.78, 5) is 14.3. The first kappa shape index (κ1) is 15.7. The van der Waals surface area contributed by atoms with Crippen LogP contribution in [0.4, 0.5) is 10.1 Å². The molecule has 1 amide bonds. The molecule has 1 aromatic carbocycles. The van der Waals surface area contributed by atoms with Crippen LogP contribution in [0, 0.1) is 5.82 Å². The van der Waals surface area contributed by atoms with E-state index in [1.54, 1.807) is 31.3 Å². The van der Waals surface area contributed by atoms with E-state index in [0.717, 1.165) is 0 Å². The lowest BCUT2D eigenvalue weighted by Crippen LogP contribution is -2.31. The van der Waals surface area contributed by atoms with Crippen molar-refractivity contribution in [2.45, 2.75) is 19.1 Å². The molecule has 2 unspecified atom stereocenters. The predicted octanol–water partition coefficient (Wildman–Crippen LogP) is 1.74. The van der Waals surface area contributed by atoms with Gasteiger partial charge in [0.2, 0.25) is 0 Å². The summed E-state index contributed by atoms with van der Waals surface area (Å²) in [5.74, 6) is -0.638. The normalized spacial score (nSPS) is 21.6. The number of ether oxygens (including phenoxy) is 2. The SMILES string of the molecule is CCNc1c(F)cccc1C(=O)N1CC(OC)C(OC)C1. The third kappa shape index (κ3) is 3.16. The molecular weight excluding hydrogens is 275 g/mol. The number of carbonyl (C=O) groups excluding carboxylic acids is 1. The van der Waals surface area contributed by atoms with Gasteiger partial charge in [-0.05, 0) is 19.1 Å². The van der Waals surface area contributed by atoms with Gasteiger partial charge in [0.1, 0.15) is 18.0 Å². The lowest BCUT2D eigenvalue weighted by Gasteiger charge is -2.18. The van der Waals surface area contributed by atoms with Gasteiger partial charge in [-0.15, -0.1) is 0 Å². The first-order valence-electron chi connectivity index (χ1n) is 6.99. The van der Waals surface area contributed by atoms with Crippen molar-refractivity contribution in [2.24, 2.45) is 0 Å². The summed E-state index contributed by atoms with van der Waals surface area (Å²) in [5, 5.41) is 2.91. The second-order valence-corrected chi connectivity index (χ2v) is 4.95. The summed E-state index contributed by atoms with van der Waals surface area (Å²) in [6.07, 6.45) is -0.315. The molecule has 0 aliphatic carbocycles. The van der Waals surface area contributed by atoms with Gasteiger partial charge in [-0.25, -0.2) is 4.39 Å². The lowest BCUT2D eigenvalue weighted by molar-refractivity contribution is -0.00461. The number of nitrogens with zero attached hydrogens (tertiary/aromatic N) is 1. The van der Waals surface area contributed by atoms with Crippen LogP contribution in [-0.2, 0) is 9.47 Å². The molecule has 0 saturated carbocycles. The van der Waals surface area contributed by atoms with Gasteiger partial charge >= 0.3 is 0 Å². The first-order chi connectivity index (χ1) is 10.1. The van der Waals surface area contributed by atoms with E-state index in [-0.39, 0.29) is 23.8 Å². The summed E-state index contributed by atoms with van der Waals surface area (Å²) in [6.45, 7) is 3.28. The third-order valence-corrected chi connectivity index (χ3v) is 3.71. The molecule has 1 N–H and O–H groups in total. The number of likely N-dealkylation sites (tertiary alicyclic amines) is 1. The molecule has 1 heterocycles. The van der Waals surface area contributed by atoms with Crippen LogP contribution in [0.3, 0.4) is 0 Å². The minimum atomic E-state index is -0.423. The molecule has 6 heteroatoms. The number of anilines is 1. The summed E-state index contributed by atoms with van der Waals surface area (Å²) < 4.78 is 24.5. The fourth-order valence-electron chi connectivity index (χ4n) is 2.59. The van der Waals surface area contributed by atoms with Crippen molar-refractivity contribution in [3.63, 3.8) is 0 Å². The highest BCUT2D eigenvalue weighted by molar-refractivity contribution is 6.00. The molecule has 0 bridgehead atoms. The molecule has 5 nitrogen and oxygen atoms in total. The fourth-order valence-corrected chi connectivity index (χ4v) is 2.59. The molecule has 0 aromatic heterocycles. The Labute approximate surface area is 124 Å². The Morgan fingerprint density at radius 1 is 1.33 bits per heavy atom. The molecule has 1 saturated heterocycles. The largest absolute Gasteiger partial charge is 0.382 e. The van der Waals surface area contributed by atoms with E-state index in [2.05, 4.69) is 5.32 Å². The van der Waals surface area contributed by atoms with Crippen molar-refractivity contribution in [3.8, 4) is 0 Å². The topological polar surface area (TPSA) is 50.8 Å². The Morgan fingerprint density at radius 2 is 1.95 bits per heavy atom. The standard InChI is InChI=1S/C15H21FN2O3/c1-4-17-14-10(6-5-7-11(14)16)15(19)18-8-12(20-2)13(9-18)21-3/h5-7,12-13,17H,4,8-9H2,1-3H3. The number of rotatable bonds is 5. The quantitative estimate of drug-likeness (QED) is 0.899. The van der Waals surface area contributed by atoms with Crippen LogP contribution >= 0.6 is 0 Å². The van der Waals surface area contributed by atoms with E-state index in [9.17, 15) is 9.18 Å². The van der Waals surface area contributed by atoms with Crippen LogP contribution in [0.2, 0.25) is 0 Å². The van der Waals surface area contributed by atoms with Crippen molar-refractivity contribution in [1.82, 2.24) is 4.90 Å². The van der Waals surface area contributed by atoms with Gasteiger partial charge in [0.15, 0.2) is 0 Å². The summed E-state index contributed by atoms with van der Waals surface area (Å²) in [5.41, 5.74) is 0.586. The highest BCUT2D eigenvalue weighted by Crippen LogP contribution is 2.24. The Bertz CT molecular complexity index is 498. The maximum absolute atomic E-state index is 13.9. The predicted molar refractivity (Wildman–Crippen MR) is 78.1 cm³/mol. The van der Waals surface area contributed by atoms with Crippen molar-refractivity contribution in [2.75, 3.05) is 39.2 Å². The molecule has 2 atom stereocenters. The van der Waals surface area contributed by atoms with Crippen molar-refractivity contribution in [3.05, 3.63) is 29.6 Å². The Morgan fingerprint density at radius 3 is 2.48 bits per heavy atom. The van der Waals surface area contributed by atoms with Gasteiger partial charge < -0.3 is 19.7 Å². The zero-order valence-electron chi connectivity index (χ0n) is 12.6. The lowest BCUT2D eigenvalue weighted by atomic mass is 10.1. The van der Waals surface area contributed by atoms with Crippen LogP contribution in [0.1, 0.15) is 17.3 Å². The molecule has 1 fully saturated rings. The zero-order chi connectivity index (χ0) is 15.4. The summed E-state index contributed by atoms with van der Waals surface area (Å²) >= 11 is 0. The summed E-state index contributed by atoms with van der Waals surface area (Å²) in [7, 11) is 3.19. The Hall–Kier alpha value is -1.66. The maximum Gasteiger partial charge on any atom is 0.256 e. The minimum Gasteiger partial charge on any atom is -0.382 e. The van der Waals surface area contributed by atoms with Gasteiger partial charge in [-0.2, -0.15) is 0 Å². The molecule has 116 valence electrons. The smallest absolute Gasteiger partial charge is 0.256 e. The van der Waals surface area contributed by atoms with Crippen LogP contribution in [0.25, 0.3) is 0 Å². The highest BCUT2D eigenvalue weighted by atomic mass is 19.1. The van der Waals surface area contributed by atoms with E-state index in [1.807, 2.05) is 6.92 Å². The number of benzene rings is 1. The number of methoxy groups -OCH3 is 2. The van der Waals surface area contributed by atoms with Gasteiger partial charge in [0.05, 0.1) is 11.3 Å². The molecular formula is C15H21FN2O3. The van der Waals surface area contributed by atoms with Gasteiger partial charge in [-0.3, -0.25) is 4.79 Å². The number of amides is 1. The van der Waals surface area contributed by atoms with Crippen molar-refractivity contribution in [1.29, 1.82) is 0 Å². The van der Waals surface area contributed by atoms with Crippen molar-refractivity contribution >= 4 is 11.6 Å². The first-order valence-corrected chi connectivity index (χ1v) is 6.99. The highest BCUT2D eigenvalue weighted by Gasteiger charge is 2.36. The van der Waals surface area contributed by atoms with E-state index in [4.69, 9.17) is 9.47 Å². The van der Waals surface area contributed by atoms with Crippen molar-refractivity contribution < 1.29 is 18.7 Å². The van der Waals surface area contributed by atoms with Crippen LogP contribution in [0.5, 0.6) is 0 Å². The maximum atomic E-state index is 13.9. The molecule has 2 rings (SSSR count). The number of carbonyl (C=O) groups is 1. The van der Waals surface area contributed by atoms with E-state index >= 15 is 0 Å². The summed E-state index contributed by atoms with van der Waals surface area (Å²) in [6, 6.07) is 4.51. The Kier molecular flexibility index (Phi) is 5.14. The fraction of sp³-hybridized carbons (Fsp3) is 0.533. The Balaban J connectivity index is 2.23. The molecule has 1 aromatic rings. The average Bonchev–Trinajstić information content (AvgIpc) is 2.92. The van der Waals surface area contributed by atoms with Crippen LogP contribution in [-0.4, -0.2) is 56.9 Å². The second kappa shape index (κ2) is 6.87. The number of hydrogen-bond donors (Lipinski definition) is 1. The monoisotopic (exact) mass is 296 g/mol. The second-order valence-electron chi connectivity index (χ2n) is 4.95. The van der Waals surface area contributed by atoms with E-state index in [1.165, 1.54) is 6.07 Å².